The molecule has 0 saturated heterocycles. The van der Waals surface area contributed by atoms with Crippen molar-refractivity contribution in [2.75, 3.05) is 11.9 Å². The summed E-state index contributed by atoms with van der Waals surface area (Å²) in [5, 5.41) is 8.73. The molecule has 4 aromatic carbocycles. The predicted octanol–water partition coefficient (Wildman–Crippen LogP) is 8.62. The first-order chi connectivity index (χ1) is 19.4. The van der Waals surface area contributed by atoms with Gasteiger partial charge in [0.1, 0.15) is 0 Å². The van der Waals surface area contributed by atoms with E-state index in [0.29, 0.717) is 27.4 Å². The summed E-state index contributed by atoms with van der Waals surface area (Å²) in [6, 6.07) is 23.4. The normalized spacial score (nSPS) is 17.3. The summed E-state index contributed by atoms with van der Waals surface area (Å²) < 4.78 is 79.1. The van der Waals surface area contributed by atoms with E-state index >= 15 is 0 Å². The maximum atomic E-state index is 13.4. The number of carbonyl (C=O) groups excluding carboxylic acids is 1. The van der Waals surface area contributed by atoms with Crippen LogP contribution in [0.25, 0.3) is 0 Å². The minimum absolute atomic E-state index is 0.104. The molecule has 0 aliphatic carbocycles. The summed E-state index contributed by atoms with van der Waals surface area (Å²) in [5.74, 6) is 0. The SMILES string of the molecule is O=C(Nc1ccc(C(F)(F)F)cc1)N1CC(c2ccccc2)(c2ccc(C(F)(F)F)cc2)C(c2ccc(Cl)cc2)=N1. The Morgan fingerprint density at radius 2 is 1.24 bits per heavy atom. The van der Waals surface area contributed by atoms with Crippen LogP contribution in [-0.4, -0.2) is 23.3 Å². The van der Waals surface area contributed by atoms with Crippen LogP contribution in [0, 0.1) is 0 Å². The monoisotopic (exact) mass is 587 g/mol. The first kappa shape index (κ1) is 28.2. The number of hydrogen-bond acceptors (Lipinski definition) is 2. The Morgan fingerprint density at radius 1 is 0.732 bits per heavy atom. The van der Waals surface area contributed by atoms with Crippen LogP contribution >= 0.6 is 11.6 Å². The summed E-state index contributed by atoms with van der Waals surface area (Å²) >= 11 is 6.10. The number of hydrogen-bond donors (Lipinski definition) is 1. The number of amides is 2. The lowest BCUT2D eigenvalue weighted by atomic mass is 9.69. The number of carbonyl (C=O) groups is 1. The number of alkyl halides is 6. The second-order valence-electron chi connectivity index (χ2n) is 9.36. The highest BCUT2D eigenvalue weighted by atomic mass is 35.5. The van der Waals surface area contributed by atoms with E-state index in [1.54, 1.807) is 54.6 Å². The molecule has 0 bridgehead atoms. The van der Waals surface area contributed by atoms with Gasteiger partial charge in [0.25, 0.3) is 0 Å². The molecule has 1 aliphatic rings. The summed E-state index contributed by atoms with van der Waals surface area (Å²) in [5.41, 5.74) is -0.719. The van der Waals surface area contributed by atoms with Gasteiger partial charge >= 0.3 is 18.4 Å². The van der Waals surface area contributed by atoms with Crippen LogP contribution in [-0.2, 0) is 17.8 Å². The predicted molar refractivity (Wildman–Crippen MR) is 144 cm³/mol. The highest BCUT2D eigenvalue weighted by Crippen LogP contribution is 2.42. The van der Waals surface area contributed by atoms with E-state index in [-0.39, 0.29) is 12.2 Å². The van der Waals surface area contributed by atoms with Gasteiger partial charge in [0.05, 0.1) is 28.8 Å². The Bertz CT molecular complexity index is 1570. The summed E-state index contributed by atoms with van der Waals surface area (Å²) in [4.78, 5) is 13.4. The van der Waals surface area contributed by atoms with Gasteiger partial charge in [-0.2, -0.15) is 31.4 Å². The minimum atomic E-state index is -4.55. The molecule has 0 radical (unpaired) electrons. The molecule has 1 heterocycles. The van der Waals surface area contributed by atoms with Crippen molar-refractivity contribution < 1.29 is 31.1 Å². The molecule has 210 valence electrons. The second-order valence-corrected chi connectivity index (χ2v) is 9.80. The van der Waals surface area contributed by atoms with Crippen molar-refractivity contribution in [2.45, 2.75) is 17.8 Å². The number of nitrogens with zero attached hydrogens (tertiary/aromatic N) is 2. The van der Waals surface area contributed by atoms with Crippen LogP contribution in [0.15, 0.2) is 108 Å². The number of urea groups is 1. The zero-order valence-corrected chi connectivity index (χ0v) is 21.7. The summed E-state index contributed by atoms with van der Waals surface area (Å²) in [7, 11) is 0. The molecule has 0 aromatic heterocycles. The van der Waals surface area contributed by atoms with Crippen molar-refractivity contribution >= 4 is 29.0 Å². The van der Waals surface area contributed by atoms with Gasteiger partial charge in [-0.25, -0.2) is 9.80 Å². The van der Waals surface area contributed by atoms with E-state index in [1.807, 2.05) is 0 Å². The topological polar surface area (TPSA) is 44.7 Å². The van der Waals surface area contributed by atoms with Crippen molar-refractivity contribution in [3.63, 3.8) is 0 Å². The fourth-order valence-electron chi connectivity index (χ4n) is 4.79. The Labute approximate surface area is 235 Å². The molecule has 0 spiro atoms. The Hall–Kier alpha value is -4.31. The van der Waals surface area contributed by atoms with E-state index in [0.717, 1.165) is 41.4 Å². The molecule has 5 rings (SSSR count). The average molecular weight is 588 g/mol. The van der Waals surface area contributed by atoms with Gasteiger partial charge in [-0.05, 0) is 65.2 Å². The molecule has 11 heteroatoms. The number of anilines is 1. The van der Waals surface area contributed by atoms with Crippen molar-refractivity contribution in [1.82, 2.24) is 5.01 Å². The maximum absolute atomic E-state index is 13.4. The molecule has 0 saturated carbocycles. The largest absolute Gasteiger partial charge is 0.416 e. The molecular formula is C30H20ClF6N3O. The van der Waals surface area contributed by atoms with Crippen LogP contribution in [0.2, 0.25) is 5.02 Å². The van der Waals surface area contributed by atoms with Crippen LogP contribution in [0.3, 0.4) is 0 Å². The third kappa shape index (κ3) is 5.65. The van der Waals surface area contributed by atoms with Gasteiger partial charge in [-0.15, -0.1) is 0 Å². The van der Waals surface area contributed by atoms with E-state index < -0.39 is 34.9 Å². The van der Waals surface area contributed by atoms with Crippen molar-refractivity contribution in [3.8, 4) is 0 Å². The van der Waals surface area contributed by atoms with Crippen LogP contribution in [0.5, 0.6) is 0 Å². The third-order valence-corrected chi connectivity index (χ3v) is 7.05. The fourth-order valence-corrected chi connectivity index (χ4v) is 4.92. The van der Waals surface area contributed by atoms with Crippen LogP contribution < -0.4 is 5.32 Å². The first-order valence-corrected chi connectivity index (χ1v) is 12.6. The second kappa shape index (κ2) is 10.6. The zero-order chi connectivity index (χ0) is 29.4. The maximum Gasteiger partial charge on any atom is 0.416 e. The van der Waals surface area contributed by atoms with E-state index in [4.69, 9.17) is 11.6 Å². The lowest BCUT2D eigenvalue weighted by Gasteiger charge is -2.32. The highest BCUT2D eigenvalue weighted by Gasteiger charge is 2.48. The van der Waals surface area contributed by atoms with Gasteiger partial charge in [-0.3, -0.25) is 0 Å². The number of hydrazone groups is 1. The smallest absolute Gasteiger partial charge is 0.306 e. The van der Waals surface area contributed by atoms with Gasteiger partial charge in [0.2, 0.25) is 0 Å². The Kier molecular flexibility index (Phi) is 7.29. The standard InChI is InChI=1S/C30H20ClF6N3O/c31-24-14-6-19(7-15-24)26-28(20-4-2-1-3-5-20,21-8-10-22(11-9-21)29(32,33)34)18-40(39-26)27(41)38-25-16-12-23(13-17-25)30(35,36)37/h1-17H,18H2,(H,38,41). The van der Waals surface area contributed by atoms with Crippen molar-refractivity contribution in [1.29, 1.82) is 0 Å². The quantitative estimate of drug-likeness (QED) is 0.239. The average Bonchev–Trinajstić information content (AvgIpc) is 3.35. The van der Waals surface area contributed by atoms with Gasteiger partial charge in [0.15, 0.2) is 0 Å². The summed E-state index contributed by atoms with van der Waals surface area (Å²) in [6.45, 7) is -0.104. The molecule has 2 amide bonds. The fraction of sp³-hybridized carbons (Fsp3) is 0.133. The van der Waals surface area contributed by atoms with Crippen LogP contribution in [0.4, 0.5) is 36.8 Å². The third-order valence-electron chi connectivity index (χ3n) is 6.80. The summed E-state index contributed by atoms with van der Waals surface area (Å²) in [6.07, 6.45) is -9.08. The lowest BCUT2D eigenvalue weighted by molar-refractivity contribution is -0.138. The highest BCUT2D eigenvalue weighted by molar-refractivity contribution is 6.30. The molecule has 1 aliphatic heterocycles. The lowest BCUT2D eigenvalue weighted by Crippen LogP contribution is -2.42. The molecule has 4 aromatic rings. The molecule has 1 N–H and O–H groups in total. The van der Waals surface area contributed by atoms with Crippen molar-refractivity contribution in [2.24, 2.45) is 5.10 Å². The molecule has 41 heavy (non-hydrogen) atoms. The Morgan fingerprint density at radius 3 is 1.78 bits per heavy atom. The van der Waals surface area contributed by atoms with Crippen molar-refractivity contribution in [3.05, 3.63) is 136 Å². The van der Waals surface area contributed by atoms with E-state index in [2.05, 4.69) is 10.4 Å². The Balaban J connectivity index is 1.60. The zero-order valence-electron chi connectivity index (χ0n) is 21.0. The van der Waals surface area contributed by atoms with Gasteiger partial charge in [-0.1, -0.05) is 66.2 Å². The minimum Gasteiger partial charge on any atom is -0.306 e. The molecule has 4 nitrogen and oxygen atoms in total. The van der Waals surface area contributed by atoms with Gasteiger partial charge in [0, 0.05) is 10.7 Å². The molecule has 1 atom stereocenters. The van der Waals surface area contributed by atoms with Gasteiger partial charge < -0.3 is 5.32 Å². The molecule has 0 fully saturated rings. The number of nitrogens with one attached hydrogen (secondary N) is 1. The number of benzene rings is 4. The van der Waals surface area contributed by atoms with Crippen LogP contribution in [0.1, 0.15) is 27.8 Å². The van der Waals surface area contributed by atoms with E-state index in [1.165, 1.54) is 12.1 Å². The number of halogens is 7. The first-order valence-electron chi connectivity index (χ1n) is 12.2. The number of rotatable bonds is 4. The molecular weight excluding hydrogens is 568 g/mol. The van der Waals surface area contributed by atoms with E-state index in [9.17, 15) is 31.1 Å². The molecule has 1 unspecified atom stereocenters.